The molecule has 0 saturated carbocycles. The lowest BCUT2D eigenvalue weighted by Crippen LogP contribution is -2.30. The summed E-state index contributed by atoms with van der Waals surface area (Å²) in [6.07, 6.45) is 0.877. The molecule has 0 saturated heterocycles. The molecule has 1 aromatic rings. The fourth-order valence-corrected chi connectivity index (χ4v) is 3.39. The number of halogens is 1. The lowest BCUT2D eigenvalue weighted by molar-refractivity contribution is -0.138. The van der Waals surface area contributed by atoms with Gasteiger partial charge in [-0.05, 0) is 45.6 Å². The molecule has 1 rings (SSSR count). The maximum atomic E-state index is 11.9. The Morgan fingerprint density at radius 1 is 1.47 bits per heavy atom. The molecule has 0 aliphatic carbocycles. The average molecular weight is 348 g/mol. The third-order valence-electron chi connectivity index (χ3n) is 2.64. The zero-order valence-electron chi connectivity index (χ0n) is 11.0. The minimum Gasteiger partial charge on any atom is -0.481 e. The number of carboxylic acid groups (broad SMARTS) is 1. The smallest absolute Gasteiger partial charge is 0.303 e. The number of hydrogen-bond donors (Lipinski definition) is 2. The number of carbonyl (C=O) groups is 2. The summed E-state index contributed by atoms with van der Waals surface area (Å²) in [5.41, 5.74) is 0. The van der Waals surface area contributed by atoms with Crippen molar-refractivity contribution in [2.45, 2.75) is 26.7 Å². The van der Waals surface area contributed by atoms with E-state index in [9.17, 15) is 9.59 Å². The first-order chi connectivity index (χ1) is 8.90. The third-order valence-corrected chi connectivity index (χ3v) is 4.48. The van der Waals surface area contributed by atoms with Crippen LogP contribution in [0.3, 0.4) is 0 Å². The van der Waals surface area contributed by atoms with Crippen molar-refractivity contribution in [3.63, 3.8) is 0 Å². The van der Waals surface area contributed by atoms with Gasteiger partial charge in [-0.2, -0.15) is 0 Å². The second-order valence-corrected chi connectivity index (χ2v) is 6.67. The summed E-state index contributed by atoms with van der Waals surface area (Å²) in [5, 5.41) is 13.5. The van der Waals surface area contributed by atoms with Crippen LogP contribution in [0.1, 0.15) is 36.4 Å². The predicted molar refractivity (Wildman–Crippen MR) is 79.6 cm³/mol. The van der Waals surface area contributed by atoms with Gasteiger partial charge in [0.25, 0.3) is 5.91 Å². The van der Waals surface area contributed by atoms with E-state index in [2.05, 4.69) is 21.2 Å². The molecule has 0 aromatic carbocycles. The summed E-state index contributed by atoms with van der Waals surface area (Å²) >= 11 is 4.67. The van der Waals surface area contributed by atoms with E-state index in [0.717, 1.165) is 10.9 Å². The second-order valence-electron chi connectivity index (χ2n) is 4.90. The zero-order valence-corrected chi connectivity index (χ0v) is 13.4. The van der Waals surface area contributed by atoms with Crippen molar-refractivity contribution in [1.82, 2.24) is 5.32 Å². The maximum Gasteiger partial charge on any atom is 0.303 e. The van der Waals surface area contributed by atoms with Crippen LogP contribution in [-0.2, 0) is 4.79 Å². The Morgan fingerprint density at radius 3 is 2.63 bits per heavy atom. The molecule has 6 heteroatoms. The molecule has 0 aliphatic heterocycles. The van der Waals surface area contributed by atoms with Gasteiger partial charge in [0.15, 0.2) is 0 Å². The molecule has 106 valence electrons. The minimum absolute atomic E-state index is 0.0276. The molecule has 1 heterocycles. The van der Waals surface area contributed by atoms with Gasteiger partial charge in [-0.3, -0.25) is 9.59 Å². The summed E-state index contributed by atoms with van der Waals surface area (Å²) in [7, 11) is 0. The number of nitrogens with one attached hydrogen (secondary N) is 1. The first-order valence-corrected chi connectivity index (χ1v) is 7.80. The van der Waals surface area contributed by atoms with Gasteiger partial charge in [-0.1, -0.05) is 13.8 Å². The highest BCUT2D eigenvalue weighted by Gasteiger charge is 2.17. The Kier molecular flexibility index (Phi) is 6.51. The fourth-order valence-electron chi connectivity index (χ4n) is 1.93. The number of carboxylic acids is 1. The van der Waals surface area contributed by atoms with Gasteiger partial charge in [0.05, 0.1) is 0 Å². The summed E-state index contributed by atoms with van der Waals surface area (Å²) < 4.78 is 0.772. The summed E-state index contributed by atoms with van der Waals surface area (Å²) in [4.78, 5) is 23.3. The van der Waals surface area contributed by atoms with E-state index in [-0.39, 0.29) is 18.2 Å². The Morgan fingerprint density at radius 2 is 2.16 bits per heavy atom. The quantitative estimate of drug-likeness (QED) is 0.794. The van der Waals surface area contributed by atoms with Gasteiger partial charge in [-0.15, -0.1) is 11.3 Å². The molecule has 2 N–H and O–H groups in total. The van der Waals surface area contributed by atoms with Crippen LogP contribution in [0.2, 0.25) is 0 Å². The van der Waals surface area contributed by atoms with Crippen LogP contribution in [0, 0.1) is 11.8 Å². The van der Waals surface area contributed by atoms with E-state index in [0.29, 0.717) is 17.3 Å². The molecule has 0 fully saturated rings. The second kappa shape index (κ2) is 7.65. The van der Waals surface area contributed by atoms with E-state index >= 15 is 0 Å². The van der Waals surface area contributed by atoms with Crippen molar-refractivity contribution in [3.8, 4) is 0 Å². The van der Waals surface area contributed by atoms with Gasteiger partial charge in [0.2, 0.25) is 0 Å². The van der Waals surface area contributed by atoms with Gasteiger partial charge < -0.3 is 10.4 Å². The van der Waals surface area contributed by atoms with Crippen LogP contribution in [0.5, 0.6) is 0 Å². The molecular weight excluding hydrogens is 330 g/mol. The molecule has 0 bridgehead atoms. The van der Waals surface area contributed by atoms with Gasteiger partial charge in [0, 0.05) is 17.4 Å². The minimum atomic E-state index is -0.822. The first kappa shape index (κ1) is 16.2. The van der Waals surface area contributed by atoms with Crippen LogP contribution in [0.15, 0.2) is 15.9 Å². The fraction of sp³-hybridized carbons (Fsp3) is 0.538. The number of thiophene rings is 1. The van der Waals surface area contributed by atoms with E-state index in [4.69, 9.17) is 5.11 Å². The lowest BCUT2D eigenvalue weighted by atomic mass is 9.94. The molecule has 0 radical (unpaired) electrons. The Hall–Kier alpha value is -0.880. The van der Waals surface area contributed by atoms with Crippen molar-refractivity contribution in [2.75, 3.05) is 6.54 Å². The van der Waals surface area contributed by atoms with E-state index in [1.165, 1.54) is 11.3 Å². The predicted octanol–water partition coefficient (Wildman–Crippen LogP) is 3.38. The van der Waals surface area contributed by atoms with Gasteiger partial charge in [0.1, 0.15) is 4.88 Å². The van der Waals surface area contributed by atoms with E-state index < -0.39 is 5.97 Å². The Balaban J connectivity index is 2.53. The van der Waals surface area contributed by atoms with Crippen molar-refractivity contribution >= 4 is 39.1 Å². The average Bonchev–Trinajstić information content (AvgIpc) is 2.70. The number of carbonyl (C=O) groups excluding carboxylic acids is 1. The standard InChI is InChI=1S/C13H18BrNO3S/c1-8(2)5-9(6-11(16)17)7-15-13(18)12-10(14)3-4-19-12/h3-4,8-9H,5-7H2,1-2H3,(H,15,18)(H,16,17). The van der Waals surface area contributed by atoms with E-state index in [1.54, 1.807) is 0 Å². The topological polar surface area (TPSA) is 66.4 Å². The number of hydrogen-bond acceptors (Lipinski definition) is 3. The van der Waals surface area contributed by atoms with Crippen LogP contribution < -0.4 is 5.32 Å². The first-order valence-electron chi connectivity index (χ1n) is 6.13. The molecular formula is C13H18BrNO3S. The van der Waals surface area contributed by atoms with Crippen LogP contribution in [0.4, 0.5) is 0 Å². The van der Waals surface area contributed by atoms with Crippen LogP contribution in [-0.4, -0.2) is 23.5 Å². The molecule has 0 aliphatic rings. The van der Waals surface area contributed by atoms with Gasteiger partial charge in [-0.25, -0.2) is 0 Å². The molecule has 1 amide bonds. The summed E-state index contributed by atoms with van der Waals surface area (Å²) in [5.74, 6) is -0.590. The molecule has 19 heavy (non-hydrogen) atoms. The molecule has 0 spiro atoms. The molecule has 4 nitrogen and oxygen atoms in total. The normalized spacial score (nSPS) is 12.4. The highest BCUT2D eigenvalue weighted by Crippen LogP contribution is 2.22. The summed E-state index contributed by atoms with van der Waals surface area (Å²) in [6.45, 7) is 4.49. The molecule has 1 atom stereocenters. The van der Waals surface area contributed by atoms with Crippen LogP contribution in [0.25, 0.3) is 0 Å². The van der Waals surface area contributed by atoms with Gasteiger partial charge >= 0.3 is 5.97 Å². The Bertz CT molecular complexity index is 445. The van der Waals surface area contributed by atoms with Crippen molar-refractivity contribution in [1.29, 1.82) is 0 Å². The zero-order chi connectivity index (χ0) is 14.4. The largest absolute Gasteiger partial charge is 0.481 e. The molecule has 1 unspecified atom stereocenters. The lowest BCUT2D eigenvalue weighted by Gasteiger charge is -2.17. The number of amides is 1. The Labute approximate surface area is 125 Å². The number of rotatable bonds is 7. The third kappa shape index (κ3) is 5.74. The maximum absolute atomic E-state index is 11.9. The summed E-state index contributed by atoms with van der Waals surface area (Å²) in [6, 6.07) is 1.82. The highest BCUT2D eigenvalue weighted by atomic mass is 79.9. The monoisotopic (exact) mass is 347 g/mol. The SMILES string of the molecule is CC(C)CC(CNC(=O)c1sccc1Br)CC(=O)O. The van der Waals surface area contributed by atoms with Crippen molar-refractivity contribution < 1.29 is 14.7 Å². The van der Waals surface area contributed by atoms with Crippen LogP contribution >= 0.6 is 27.3 Å². The van der Waals surface area contributed by atoms with E-state index in [1.807, 2.05) is 25.3 Å². The van der Waals surface area contributed by atoms with Crippen molar-refractivity contribution in [3.05, 3.63) is 20.8 Å². The van der Waals surface area contributed by atoms with Crippen molar-refractivity contribution in [2.24, 2.45) is 11.8 Å². The molecule has 1 aromatic heterocycles. The number of aliphatic carboxylic acids is 1. The highest BCUT2D eigenvalue weighted by molar-refractivity contribution is 9.10.